The Morgan fingerprint density at radius 2 is 1.43 bits per heavy atom. The molecule has 0 N–H and O–H groups in total. The van der Waals surface area contributed by atoms with E-state index in [1.54, 1.807) is 4.85 Å². The Morgan fingerprint density at radius 3 is 1.97 bits per heavy atom. The highest BCUT2D eigenvalue weighted by Gasteiger charge is 2.63. The van der Waals surface area contributed by atoms with Crippen LogP contribution >= 0.6 is 7.94 Å². The van der Waals surface area contributed by atoms with Crippen molar-refractivity contribution in [3.8, 4) is 0 Å². The first-order chi connectivity index (χ1) is 14.8. The van der Waals surface area contributed by atoms with Gasteiger partial charge in [0.15, 0.2) is 0 Å². The lowest BCUT2D eigenvalue weighted by Gasteiger charge is -2.39. The molecule has 5 rings (SSSR count). The second kappa shape index (κ2) is 9.07. The van der Waals surface area contributed by atoms with Crippen molar-refractivity contribution < 1.29 is 4.62 Å². The van der Waals surface area contributed by atoms with Gasteiger partial charge in [0.25, 0.3) is 0 Å². The molecule has 0 atom stereocenters. The van der Waals surface area contributed by atoms with E-state index in [-0.39, 0.29) is 0 Å². The van der Waals surface area contributed by atoms with Gasteiger partial charge in [-0.3, -0.25) is 0 Å². The highest BCUT2D eigenvalue weighted by Crippen LogP contribution is 2.68. The second-order valence-electron chi connectivity index (χ2n) is 8.93. The molecule has 0 spiro atoms. The molecule has 0 amide bonds. The minimum Gasteiger partial charge on any atom is -0.183 e. The summed E-state index contributed by atoms with van der Waals surface area (Å²) in [5.74, 6) is 0. The quantitative estimate of drug-likeness (QED) is 0.585. The van der Waals surface area contributed by atoms with E-state index < -0.39 is 7.94 Å². The summed E-state index contributed by atoms with van der Waals surface area (Å²) in [6.07, 6.45) is 11.0. The Hall–Kier alpha value is -1.27. The number of hydrogen-bond donors (Lipinski definition) is 0. The van der Waals surface area contributed by atoms with Gasteiger partial charge in [0.2, 0.25) is 0 Å². The maximum absolute atomic E-state index is 7.10. The van der Waals surface area contributed by atoms with Crippen LogP contribution in [0, 0.1) is 0 Å². The van der Waals surface area contributed by atoms with Crippen molar-refractivity contribution in [1.82, 2.24) is 29.2 Å². The molecule has 2 aromatic rings. The van der Waals surface area contributed by atoms with Crippen LogP contribution in [0.15, 0.2) is 18.2 Å². The molecule has 0 radical (unpaired) electrons. The van der Waals surface area contributed by atoms with Gasteiger partial charge in [0.1, 0.15) is 11.0 Å². The maximum atomic E-state index is 7.10. The van der Waals surface area contributed by atoms with E-state index in [4.69, 9.17) is 4.62 Å². The van der Waals surface area contributed by atoms with E-state index in [1.807, 2.05) is 0 Å². The van der Waals surface area contributed by atoms with Gasteiger partial charge in [0.05, 0.1) is 0 Å². The SMILES string of the molecule is CCCCc1cccc2c1nnn2O[P+](N1CCCC1)(N1CCCC1)N1CCCC1. The zero-order valence-electron chi connectivity index (χ0n) is 18.4. The molecule has 0 saturated carbocycles. The minimum atomic E-state index is -2.11. The molecule has 0 aliphatic carbocycles. The lowest BCUT2D eigenvalue weighted by atomic mass is 10.1. The number of aryl methyl sites for hydroxylation is 1. The first kappa shape index (κ1) is 20.6. The molecule has 3 saturated heterocycles. The predicted molar refractivity (Wildman–Crippen MR) is 122 cm³/mol. The predicted octanol–water partition coefficient (Wildman–Crippen LogP) is 4.17. The highest BCUT2D eigenvalue weighted by molar-refractivity contribution is 7.64. The Bertz CT molecular complexity index is 798. The molecular weight excluding hydrogens is 395 g/mol. The van der Waals surface area contributed by atoms with Crippen molar-refractivity contribution in [2.24, 2.45) is 0 Å². The van der Waals surface area contributed by atoms with Crippen molar-refractivity contribution in [2.75, 3.05) is 39.3 Å². The van der Waals surface area contributed by atoms with Crippen LogP contribution in [-0.2, 0) is 6.42 Å². The number of nitrogens with zero attached hydrogens (tertiary/aromatic N) is 6. The third kappa shape index (κ3) is 3.64. The highest BCUT2D eigenvalue weighted by atomic mass is 31.2. The summed E-state index contributed by atoms with van der Waals surface area (Å²) in [5.41, 5.74) is 3.32. The molecule has 30 heavy (non-hydrogen) atoms. The molecular formula is C22H36N6OP+. The molecule has 3 aliphatic rings. The fraction of sp³-hybridized carbons (Fsp3) is 0.727. The molecule has 1 aromatic heterocycles. The average molecular weight is 432 g/mol. The van der Waals surface area contributed by atoms with Crippen LogP contribution in [0.2, 0.25) is 0 Å². The van der Waals surface area contributed by atoms with Gasteiger partial charge >= 0.3 is 7.94 Å². The number of hydrogen-bond acceptors (Lipinski definition) is 6. The Balaban J connectivity index is 1.55. The normalized spacial score (nSPS) is 21.9. The Kier molecular flexibility index (Phi) is 6.24. The van der Waals surface area contributed by atoms with Gasteiger partial charge in [-0.15, -0.1) is 19.1 Å². The van der Waals surface area contributed by atoms with Crippen LogP contribution in [0.4, 0.5) is 0 Å². The lowest BCUT2D eigenvalue weighted by Crippen LogP contribution is -2.47. The molecule has 1 aromatic carbocycles. The summed E-state index contributed by atoms with van der Waals surface area (Å²) in [6, 6.07) is 6.45. The standard InChI is InChI=1S/C22H36N6OP/c1-2-3-11-20-12-10-13-21-22(20)23-24-28(21)29-30(25-14-4-5-15-25,26-16-6-7-17-26)27-18-8-9-19-27/h10,12-13H,2-9,11,14-19H2,1H3/q+1. The number of fused-ring (bicyclic) bond motifs is 1. The van der Waals surface area contributed by atoms with Gasteiger partial charge in [-0.1, -0.05) is 25.5 Å². The van der Waals surface area contributed by atoms with Crippen LogP contribution in [0.25, 0.3) is 11.0 Å². The summed E-state index contributed by atoms with van der Waals surface area (Å²) in [6.45, 7) is 9.04. The maximum Gasteiger partial charge on any atom is 0.451 e. The summed E-state index contributed by atoms with van der Waals surface area (Å²) in [5, 5.41) is 9.14. The van der Waals surface area contributed by atoms with E-state index in [0.717, 1.165) is 56.7 Å². The number of benzene rings is 1. The van der Waals surface area contributed by atoms with E-state index in [1.165, 1.54) is 56.9 Å². The monoisotopic (exact) mass is 431 g/mol. The van der Waals surface area contributed by atoms with E-state index in [0.29, 0.717) is 0 Å². The molecule has 164 valence electrons. The zero-order chi connectivity index (χ0) is 20.4. The summed E-state index contributed by atoms with van der Waals surface area (Å²) >= 11 is 0. The Labute approximate surface area is 180 Å². The number of rotatable bonds is 8. The van der Waals surface area contributed by atoms with Gasteiger partial charge in [-0.05, 0) is 73.1 Å². The largest absolute Gasteiger partial charge is 0.451 e. The molecule has 3 aliphatic heterocycles. The fourth-order valence-electron chi connectivity index (χ4n) is 5.29. The number of aromatic nitrogens is 3. The fourth-order valence-corrected chi connectivity index (χ4v) is 9.41. The van der Waals surface area contributed by atoms with Crippen molar-refractivity contribution in [3.63, 3.8) is 0 Å². The molecule has 0 bridgehead atoms. The smallest absolute Gasteiger partial charge is 0.183 e. The van der Waals surface area contributed by atoms with Crippen molar-refractivity contribution >= 4 is 19.0 Å². The summed E-state index contributed by atoms with van der Waals surface area (Å²) < 4.78 is 15.1. The second-order valence-corrected chi connectivity index (χ2v) is 11.8. The average Bonchev–Trinajstić information content (AvgIpc) is 3.58. The topological polar surface area (TPSA) is 49.7 Å². The molecule has 0 unspecified atom stereocenters. The zero-order valence-corrected chi connectivity index (χ0v) is 19.3. The van der Waals surface area contributed by atoms with Crippen molar-refractivity contribution in [3.05, 3.63) is 23.8 Å². The summed E-state index contributed by atoms with van der Waals surface area (Å²) in [4.78, 5) is 1.79. The lowest BCUT2D eigenvalue weighted by molar-refractivity contribution is 0.169. The molecule has 4 heterocycles. The van der Waals surface area contributed by atoms with E-state index in [2.05, 4.69) is 49.4 Å². The molecule has 7 nitrogen and oxygen atoms in total. The van der Waals surface area contributed by atoms with Crippen LogP contribution in [0.5, 0.6) is 0 Å². The summed E-state index contributed by atoms with van der Waals surface area (Å²) in [7, 11) is -2.11. The van der Waals surface area contributed by atoms with Crippen LogP contribution in [0.1, 0.15) is 63.9 Å². The van der Waals surface area contributed by atoms with Crippen molar-refractivity contribution in [2.45, 2.75) is 64.7 Å². The first-order valence-electron chi connectivity index (χ1n) is 12.0. The first-order valence-corrected chi connectivity index (χ1v) is 13.6. The minimum absolute atomic E-state index is 1.01. The third-order valence-electron chi connectivity index (χ3n) is 6.87. The van der Waals surface area contributed by atoms with E-state index >= 15 is 0 Å². The van der Waals surface area contributed by atoms with Crippen molar-refractivity contribution in [1.29, 1.82) is 0 Å². The Morgan fingerprint density at radius 1 is 0.867 bits per heavy atom. The van der Waals surface area contributed by atoms with Gasteiger partial charge in [0, 0.05) is 39.3 Å². The third-order valence-corrected chi connectivity index (χ3v) is 10.7. The van der Waals surface area contributed by atoms with Gasteiger partial charge in [-0.2, -0.15) is 4.62 Å². The van der Waals surface area contributed by atoms with Gasteiger partial charge in [-0.25, -0.2) is 0 Å². The molecule has 3 fully saturated rings. The van der Waals surface area contributed by atoms with Crippen LogP contribution in [-0.4, -0.2) is 68.4 Å². The van der Waals surface area contributed by atoms with Crippen LogP contribution < -0.4 is 4.62 Å². The number of unbranched alkanes of at least 4 members (excludes halogenated alkanes) is 1. The molecule has 8 heteroatoms. The van der Waals surface area contributed by atoms with Crippen LogP contribution in [0.3, 0.4) is 0 Å². The van der Waals surface area contributed by atoms with Gasteiger partial charge < -0.3 is 0 Å². The van der Waals surface area contributed by atoms with E-state index in [9.17, 15) is 0 Å².